The van der Waals surface area contributed by atoms with Crippen LogP contribution in [0.3, 0.4) is 0 Å². The lowest BCUT2D eigenvalue weighted by atomic mass is 10.0. The zero-order valence-corrected chi connectivity index (χ0v) is 17.3. The first-order valence-electron chi connectivity index (χ1n) is 10.3. The summed E-state index contributed by atoms with van der Waals surface area (Å²) in [4.78, 5) is 38.2. The highest BCUT2D eigenvalue weighted by atomic mass is 16.6. The molecule has 0 radical (unpaired) electrons. The second-order valence-electron chi connectivity index (χ2n) is 7.47. The number of benzene rings is 2. The summed E-state index contributed by atoms with van der Waals surface area (Å²) in [5, 5.41) is 11.6. The fraction of sp³-hybridized carbons (Fsp3) is 0.391. The van der Waals surface area contributed by atoms with Crippen molar-refractivity contribution in [3.05, 3.63) is 69.3 Å². The Morgan fingerprint density at radius 1 is 1.07 bits per heavy atom. The van der Waals surface area contributed by atoms with Crippen LogP contribution in [0, 0.1) is 10.1 Å². The predicted molar refractivity (Wildman–Crippen MR) is 114 cm³/mol. The molecule has 2 aromatic carbocycles. The highest BCUT2D eigenvalue weighted by molar-refractivity contribution is 6.01. The lowest BCUT2D eigenvalue weighted by molar-refractivity contribution is -0.384. The lowest BCUT2D eigenvalue weighted by Crippen LogP contribution is -2.30. The van der Waals surface area contributed by atoms with Crippen LogP contribution in [0.1, 0.15) is 59.4 Å². The van der Waals surface area contributed by atoms with Crippen molar-refractivity contribution in [1.29, 1.82) is 0 Å². The monoisotopic (exact) mass is 410 g/mol. The number of nitrogens with zero attached hydrogens (tertiary/aromatic N) is 2. The van der Waals surface area contributed by atoms with Crippen molar-refractivity contribution in [3.63, 3.8) is 0 Å². The maximum atomic E-state index is 12.6. The van der Waals surface area contributed by atoms with Crippen LogP contribution in [0.15, 0.2) is 42.5 Å². The van der Waals surface area contributed by atoms with Gasteiger partial charge in [-0.2, -0.15) is 0 Å². The van der Waals surface area contributed by atoms with Gasteiger partial charge in [-0.1, -0.05) is 31.2 Å². The summed E-state index contributed by atoms with van der Waals surface area (Å²) in [7, 11) is 0. The van der Waals surface area contributed by atoms with Crippen molar-refractivity contribution < 1.29 is 19.2 Å². The molecule has 0 amide bonds. The molecule has 158 valence electrons. The Labute approximate surface area is 175 Å². The lowest BCUT2D eigenvalue weighted by Gasteiger charge is -2.28. The van der Waals surface area contributed by atoms with Crippen molar-refractivity contribution in [2.75, 3.05) is 18.0 Å². The zero-order valence-electron chi connectivity index (χ0n) is 17.3. The van der Waals surface area contributed by atoms with Crippen LogP contribution >= 0.6 is 0 Å². The number of esters is 1. The van der Waals surface area contributed by atoms with Gasteiger partial charge in [-0.3, -0.25) is 14.9 Å². The molecule has 0 bridgehead atoms. The van der Waals surface area contributed by atoms with E-state index in [1.165, 1.54) is 19.1 Å². The molecule has 3 rings (SSSR count). The fourth-order valence-electron chi connectivity index (χ4n) is 3.62. The van der Waals surface area contributed by atoms with Crippen LogP contribution < -0.4 is 4.90 Å². The molecule has 1 atom stereocenters. The third kappa shape index (κ3) is 4.84. The summed E-state index contributed by atoms with van der Waals surface area (Å²) in [6.45, 7) is 5.04. The van der Waals surface area contributed by atoms with Gasteiger partial charge in [-0.15, -0.1) is 0 Å². The SMILES string of the molecule is CCc1ccc(C(=O)[C@@H](C)OC(=O)c2ccc(N3CCCCC3)c([N+](=O)[O-])c2)cc1. The quantitative estimate of drug-likeness (QED) is 0.287. The van der Waals surface area contributed by atoms with Gasteiger partial charge in [0.25, 0.3) is 5.69 Å². The molecule has 0 aliphatic carbocycles. The highest BCUT2D eigenvalue weighted by Gasteiger charge is 2.25. The van der Waals surface area contributed by atoms with Crippen LogP contribution in [0.25, 0.3) is 0 Å². The van der Waals surface area contributed by atoms with Crippen LogP contribution in [0.5, 0.6) is 0 Å². The van der Waals surface area contributed by atoms with E-state index < -0.39 is 17.0 Å². The van der Waals surface area contributed by atoms with Gasteiger partial charge in [0.1, 0.15) is 5.69 Å². The van der Waals surface area contributed by atoms with Gasteiger partial charge in [-0.25, -0.2) is 4.79 Å². The molecule has 0 unspecified atom stereocenters. The van der Waals surface area contributed by atoms with Gasteiger partial charge >= 0.3 is 5.97 Å². The van der Waals surface area contributed by atoms with Crippen LogP contribution in [0.2, 0.25) is 0 Å². The molecular weight excluding hydrogens is 384 g/mol. The second kappa shape index (κ2) is 9.52. The molecule has 1 saturated heterocycles. The predicted octanol–water partition coefficient (Wildman–Crippen LogP) is 4.58. The minimum absolute atomic E-state index is 0.0587. The van der Waals surface area contributed by atoms with Crippen molar-refractivity contribution in [2.45, 2.75) is 45.6 Å². The van der Waals surface area contributed by atoms with Gasteiger partial charge in [0.2, 0.25) is 5.78 Å². The molecular formula is C23H26N2O5. The molecule has 30 heavy (non-hydrogen) atoms. The van der Waals surface area contributed by atoms with Gasteiger partial charge in [0.15, 0.2) is 6.10 Å². The Kier molecular flexibility index (Phi) is 6.82. The summed E-state index contributed by atoms with van der Waals surface area (Å²) >= 11 is 0. The topological polar surface area (TPSA) is 89.8 Å². The molecule has 0 aromatic heterocycles. The maximum absolute atomic E-state index is 12.6. The Morgan fingerprint density at radius 3 is 2.30 bits per heavy atom. The Balaban J connectivity index is 1.74. The molecule has 1 fully saturated rings. The van der Waals surface area contributed by atoms with Gasteiger partial charge in [-0.05, 0) is 50.3 Å². The van der Waals surface area contributed by atoms with Crippen LogP contribution in [0.4, 0.5) is 11.4 Å². The number of carbonyl (C=O) groups excluding carboxylic acids is 2. The summed E-state index contributed by atoms with van der Waals surface area (Å²) in [6.07, 6.45) is 2.96. The molecule has 1 aliphatic heterocycles. The number of aryl methyl sites for hydroxylation is 1. The van der Waals surface area contributed by atoms with E-state index >= 15 is 0 Å². The normalized spacial score (nSPS) is 14.8. The largest absolute Gasteiger partial charge is 0.451 e. The number of rotatable bonds is 7. The number of piperidine rings is 1. The number of Topliss-reactive ketones (excluding diaryl/α,β-unsaturated/α-hetero) is 1. The molecule has 2 aromatic rings. The van der Waals surface area contributed by atoms with E-state index in [9.17, 15) is 19.7 Å². The fourth-order valence-corrected chi connectivity index (χ4v) is 3.62. The maximum Gasteiger partial charge on any atom is 0.339 e. The number of anilines is 1. The minimum atomic E-state index is -0.995. The highest BCUT2D eigenvalue weighted by Crippen LogP contribution is 2.31. The van der Waals surface area contributed by atoms with Crippen molar-refractivity contribution in [3.8, 4) is 0 Å². The first-order chi connectivity index (χ1) is 14.4. The van der Waals surface area contributed by atoms with E-state index in [4.69, 9.17) is 4.74 Å². The van der Waals surface area contributed by atoms with E-state index in [0.717, 1.165) is 44.3 Å². The Bertz CT molecular complexity index is 933. The third-order valence-corrected chi connectivity index (χ3v) is 5.40. The number of ketones is 1. The van der Waals surface area contributed by atoms with E-state index in [-0.39, 0.29) is 17.0 Å². The van der Waals surface area contributed by atoms with E-state index in [1.807, 2.05) is 24.0 Å². The smallest absolute Gasteiger partial charge is 0.339 e. The van der Waals surface area contributed by atoms with Gasteiger partial charge in [0, 0.05) is 24.7 Å². The van der Waals surface area contributed by atoms with Crippen LogP contribution in [-0.4, -0.2) is 35.9 Å². The number of carbonyl (C=O) groups is 2. The van der Waals surface area contributed by atoms with Crippen molar-refractivity contribution >= 4 is 23.1 Å². The summed E-state index contributed by atoms with van der Waals surface area (Å²) in [5.74, 6) is -1.07. The first-order valence-corrected chi connectivity index (χ1v) is 10.3. The first kappa shape index (κ1) is 21.5. The summed E-state index contributed by atoms with van der Waals surface area (Å²) in [6, 6.07) is 11.5. The molecule has 0 N–H and O–H groups in total. The average Bonchev–Trinajstić information content (AvgIpc) is 2.78. The summed E-state index contributed by atoms with van der Waals surface area (Å²) in [5.41, 5.74) is 2.01. The molecule has 1 heterocycles. The van der Waals surface area contributed by atoms with Gasteiger partial charge < -0.3 is 9.64 Å². The van der Waals surface area contributed by atoms with E-state index in [1.54, 1.807) is 18.2 Å². The van der Waals surface area contributed by atoms with Gasteiger partial charge in [0.05, 0.1) is 10.5 Å². The number of nitro groups is 1. The van der Waals surface area contributed by atoms with Crippen molar-refractivity contribution in [1.82, 2.24) is 0 Å². The molecule has 7 nitrogen and oxygen atoms in total. The standard InChI is InChI=1S/C23H26N2O5/c1-3-17-7-9-18(10-8-17)22(26)16(2)30-23(27)19-11-12-20(21(15-19)25(28)29)24-13-5-4-6-14-24/h7-12,15-16H,3-6,13-14H2,1-2H3/t16-/m1/s1. The number of hydrogen-bond donors (Lipinski definition) is 0. The van der Waals surface area contributed by atoms with Crippen molar-refractivity contribution in [2.24, 2.45) is 0 Å². The molecule has 0 saturated carbocycles. The van der Waals surface area contributed by atoms with E-state index in [0.29, 0.717) is 11.3 Å². The van der Waals surface area contributed by atoms with Crippen LogP contribution in [-0.2, 0) is 11.2 Å². The third-order valence-electron chi connectivity index (χ3n) is 5.40. The number of nitro benzene ring substituents is 1. The second-order valence-corrected chi connectivity index (χ2v) is 7.47. The Morgan fingerprint density at radius 2 is 1.70 bits per heavy atom. The summed E-state index contributed by atoms with van der Waals surface area (Å²) < 4.78 is 5.30. The molecule has 1 aliphatic rings. The number of ether oxygens (including phenoxy) is 1. The average molecular weight is 410 g/mol. The molecule has 0 spiro atoms. The number of hydrogen-bond acceptors (Lipinski definition) is 6. The zero-order chi connectivity index (χ0) is 21.7. The van der Waals surface area contributed by atoms with E-state index in [2.05, 4.69) is 0 Å². The minimum Gasteiger partial charge on any atom is -0.451 e. The molecule has 7 heteroatoms. The Hall–Kier alpha value is -3.22.